The molecule has 1 aliphatic heterocycles. The van der Waals surface area contributed by atoms with Gasteiger partial charge >= 0.3 is 0 Å². The first-order valence-electron chi connectivity index (χ1n) is 8.43. The highest BCUT2D eigenvalue weighted by Gasteiger charge is 2.33. The molecular formula is C19H24N2O3. The van der Waals surface area contributed by atoms with Gasteiger partial charge in [-0.3, -0.25) is 4.79 Å². The molecule has 1 fully saturated rings. The fraction of sp³-hybridized carbons (Fsp3) is 0.474. The van der Waals surface area contributed by atoms with Crippen molar-refractivity contribution in [3.05, 3.63) is 52.9 Å². The standard InChI is InChI=1S/C19H24N2O3/c1-12(2)18-17(14(4)20-24-18)19(22)21-10-13(3)23-16(11-21)15-8-6-5-7-9-15/h5-9,12-13,16H,10-11H2,1-4H3/t13-,16+/m0/s1. The number of hydrogen-bond donors (Lipinski definition) is 0. The normalized spacial score (nSPS) is 21.3. The molecule has 1 aliphatic rings. The largest absolute Gasteiger partial charge is 0.367 e. The van der Waals surface area contributed by atoms with Gasteiger partial charge in [0.1, 0.15) is 11.7 Å². The minimum atomic E-state index is -0.110. The van der Waals surface area contributed by atoms with E-state index < -0.39 is 0 Å². The molecule has 5 heteroatoms. The van der Waals surface area contributed by atoms with Crippen molar-refractivity contribution >= 4 is 5.91 Å². The van der Waals surface area contributed by atoms with E-state index in [0.717, 1.165) is 5.56 Å². The summed E-state index contributed by atoms with van der Waals surface area (Å²) in [6.45, 7) is 8.94. The van der Waals surface area contributed by atoms with E-state index in [1.165, 1.54) is 0 Å². The summed E-state index contributed by atoms with van der Waals surface area (Å²) in [5, 5.41) is 4.00. The number of rotatable bonds is 3. The van der Waals surface area contributed by atoms with E-state index in [1.54, 1.807) is 0 Å². The summed E-state index contributed by atoms with van der Waals surface area (Å²) in [6, 6.07) is 10.0. The average Bonchev–Trinajstić information content (AvgIpc) is 2.96. The number of carbonyl (C=O) groups is 1. The summed E-state index contributed by atoms with van der Waals surface area (Å²) in [6.07, 6.45) is -0.128. The minimum absolute atomic E-state index is 0.0180. The number of amides is 1. The Morgan fingerprint density at radius 3 is 2.62 bits per heavy atom. The second-order valence-electron chi connectivity index (χ2n) is 6.72. The molecule has 3 rings (SSSR count). The van der Waals surface area contributed by atoms with E-state index in [2.05, 4.69) is 5.16 Å². The first-order chi connectivity index (χ1) is 11.5. The Kier molecular flexibility index (Phi) is 4.71. The van der Waals surface area contributed by atoms with Gasteiger partial charge in [0.05, 0.1) is 18.3 Å². The number of ether oxygens (including phenoxy) is 1. The van der Waals surface area contributed by atoms with Crippen molar-refractivity contribution in [3.8, 4) is 0 Å². The van der Waals surface area contributed by atoms with E-state index in [1.807, 2.05) is 62.9 Å². The van der Waals surface area contributed by atoms with Crippen LogP contribution in [0.15, 0.2) is 34.9 Å². The maximum atomic E-state index is 13.1. The van der Waals surface area contributed by atoms with Gasteiger partial charge in [-0.15, -0.1) is 0 Å². The Morgan fingerprint density at radius 1 is 1.25 bits per heavy atom. The molecule has 0 unspecified atom stereocenters. The van der Waals surface area contributed by atoms with Gasteiger partial charge in [-0.2, -0.15) is 0 Å². The molecule has 0 N–H and O–H groups in total. The van der Waals surface area contributed by atoms with Crippen molar-refractivity contribution in [2.24, 2.45) is 0 Å². The van der Waals surface area contributed by atoms with Crippen LogP contribution in [0.4, 0.5) is 0 Å². The van der Waals surface area contributed by atoms with Crippen molar-refractivity contribution in [2.75, 3.05) is 13.1 Å². The van der Waals surface area contributed by atoms with Gasteiger partial charge < -0.3 is 14.2 Å². The van der Waals surface area contributed by atoms with Crippen molar-refractivity contribution in [1.82, 2.24) is 10.1 Å². The van der Waals surface area contributed by atoms with Crippen LogP contribution in [0.2, 0.25) is 0 Å². The number of aromatic nitrogens is 1. The van der Waals surface area contributed by atoms with E-state index in [-0.39, 0.29) is 24.0 Å². The first kappa shape index (κ1) is 16.7. The van der Waals surface area contributed by atoms with Crippen LogP contribution in [-0.4, -0.2) is 35.2 Å². The average molecular weight is 328 g/mol. The fourth-order valence-electron chi connectivity index (χ4n) is 3.17. The molecule has 1 saturated heterocycles. The molecule has 5 nitrogen and oxygen atoms in total. The van der Waals surface area contributed by atoms with E-state index in [9.17, 15) is 4.79 Å². The Labute approximate surface area is 142 Å². The minimum Gasteiger partial charge on any atom is -0.367 e. The summed E-state index contributed by atoms with van der Waals surface area (Å²) in [5.74, 6) is 0.759. The Bertz CT molecular complexity index is 709. The molecule has 0 spiro atoms. The molecule has 0 radical (unpaired) electrons. The van der Waals surface area contributed by atoms with Crippen LogP contribution in [0.3, 0.4) is 0 Å². The van der Waals surface area contributed by atoms with Gasteiger partial charge in [0.2, 0.25) is 0 Å². The molecule has 0 aliphatic carbocycles. The third kappa shape index (κ3) is 3.22. The van der Waals surface area contributed by atoms with Crippen LogP contribution >= 0.6 is 0 Å². The number of aryl methyl sites for hydroxylation is 1. The van der Waals surface area contributed by atoms with Gasteiger partial charge in [0.25, 0.3) is 5.91 Å². The number of morpholine rings is 1. The first-order valence-corrected chi connectivity index (χ1v) is 8.43. The highest BCUT2D eigenvalue weighted by atomic mass is 16.5. The Morgan fingerprint density at radius 2 is 1.96 bits per heavy atom. The lowest BCUT2D eigenvalue weighted by Crippen LogP contribution is -2.46. The zero-order chi connectivity index (χ0) is 17.3. The van der Waals surface area contributed by atoms with Gasteiger partial charge in [0.15, 0.2) is 5.76 Å². The van der Waals surface area contributed by atoms with Crippen molar-refractivity contribution < 1.29 is 14.1 Å². The van der Waals surface area contributed by atoms with Gasteiger partial charge in [0, 0.05) is 12.5 Å². The molecule has 2 atom stereocenters. The molecule has 1 amide bonds. The molecule has 2 aromatic rings. The quantitative estimate of drug-likeness (QED) is 0.862. The lowest BCUT2D eigenvalue weighted by molar-refractivity contribution is -0.0692. The SMILES string of the molecule is Cc1noc(C(C)C)c1C(=O)N1C[C@H](C)O[C@@H](c2ccccc2)C1. The molecular weight excluding hydrogens is 304 g/mol. The molecule has 0 bridgehead atoms. The summed E-state index contributed by atoms with van der Waals surface area (Å²) in [7, 11) is 0. The lowest BCUT2D eigenvalue weighted by atomic mass is 10.0. The summed E-state index contributed by atoms with van der Waals surface area (Å²) < 4.78 is 11.4. The lowest BCUT2D eigenvalue weighted by Gasteiger charge is -2.37. The smallest absolute Gasteiger partial charge is 0.259 e. The zero-order valence-corrected chi connectivity index (χ0v) is 14.7. The van der Waals surface area contributed by atoms with Crippen LogP contribution in [0, 0.1) is 6.92 Å². The predicted octanol–water partition coefficient (Wildman–Crippen LogP) is 3.71. The Hall–Kier alpha value is -2.14. The second-order valence-corrected chi connectivity index (χ2v) is 6.72. The van der Waals surface area contributed by atoms with E-state index in [4.69, 9.17) is 9.26 Å². The summed E-state index contributed by atoms with van der Waals surface area (Å²) in [4.78, 5) is 15.0. The monoisotopic (exact) mass is 328 g/mol. The molecule has 1 aromatic heterocycles. The number of hydrogen-bond acceptors (Lipinski definition) is 4. The predicted molar refractivity (Wildman–Crippen MR) is 91.0 cm³/mol. The van der Waals surface area contributed by atoms with Crippen LogP contribution in [0.5, 0.6) is 0 Å². The van der Waals surface area contributed by atoms with Crippen molar-refractivity contribution in [2.45, 2.75) is 45.8 Å². The maximum absolute atomic E-state index is 13.1. The topological polar surface area (TPSA) is 55.6 Å². The van der Waals surface area contributed by atoms with E-state index in [0.29, 0.717) is 30.1 Å². The maximum Gasteiger partial charge on any atom is 0.259 e. The highest BCUT2D eigenvalue weighted by Crippen LogP contribution is 2.29. The molecule has 128 valence electrons. The van der Waals surface area contributed by atoms with Crippen molar-refractivity contribution in [1.29, 1.82) is 0 Å². The number of nitrogens with zero attached hydrogens (tertiary/aromatic N) is 2. The summed E-state index contributed by atoms with van der Waals surface area (Å²) in [5.41, 5.74) is 2.35. The summed E-state index contributed by atoms with van der Waals surface area (Å²) >= 11 is 0. The van der Waals surface area contributed by atoms with Crippen LogP contribution in [-0.2, 0) is 4.74 Å². The molecule has 24 heavy (non-hydrogen) atoms. The number of carbonyl (C=O) groups excluding carboxylic acids is 1. The van der Waals surface area contributed by atoms with Gasteiger partial charge in [-0.25, -0.2) is 0 Å². The molecule has 1 aromatic carbocycles. The van der Waals surface area contributed by atoms with Crippen LogP contribution in [0.1, 0.15) is 60.2 Å². The third-order valence-electron chi connectivity index (χ3n) is 4.35. The third-order valence-corrected chi connectivity index (χ3v) is 4.35. The van der Waals surface area contributed by atoms with Crippen LogP contribution in [0.25, 0.3) is 0 Å². The number of benzene rings is 1. The van der Waals surface area contributed by atoms with Gasteiger partial charge in [-0.05, 0) is 19.4 Å². The zero-order valence-electron chi connectivity index (χ0n) is 14.7. The molecule has 2 heterocycles. The highest BCUT2D eigenvalue weighted by molar-refractivity contribution is 5.96. The second kappa shape index (κ2) is 6.77. The van der Waals surface area contributed by atoms with Crippen LogP contribution < -0.4 is 0 Å². The van der Waals surface area contributed by atoms with Crippen molar-refractivity contribution in [3.63, 3.8) is 0 Å². The van der Waals surface area contributed by atoms with E-state index >= 15 is 0 Å². The molecule has 0 saturated carbocycles. The Balaban J connectivity index is 1.86. The fourth-order valence-corrected chi connectivity index (χ4v) is 3.17. The van der Waals surface area contributed by atoms with Gasteiger partial charge in [-0.1, -0.05) is 49.3 Å².